The summed E-state index contributed by atoms with van der Waals surface area (Å²) in [5.41, 5.74) is 1.10. The fourth-order valence-corrected chi connectivity index (χ4v) is 3.23. The van der Waals surface area contributed by atoms with Gasteiger partial charge in [0.15, 0.2) is 0 Å². The van der Waals surface area contributed by atoms with Crippen molar-refractivity contribution < 1.29 is 9.66 Å². The van der Waals surface area contributed by atoms with Crippen LogP contribution in [0.25, 0.3) is 0 Å². The Bertz CT molecular complexity index is 508. The number of aromatic hydroxyl groups is 1. The maximum atomic E-state index is 9.71. The predicted octanol–water partition coefficient (Wildman–Crippen LogP) is 7.15. The molecule has 0 aromatic heterocycles. The zero-order valence-corrected chi connectivity index (χ0v) is 19.6. The van der Waals surface area contributed by atoms with Gasteiger partial charge in [0.2, 0.25) is 0 Å². The minimum absolute atomic E-state index is 0.460. The van der Waals surface area contributed by atoms with Crippen LogP contribution in [0.1, 0.15) is 102 Å². The van der Waals surface area contributed by atoms with Crippen molar-refractivity contribution in [2.45, 2.75) is 103 Å². The number of aryl methyl sites for hydroxylation is 1. The maximum absolute atomic E-state index is 9.71. The minimum atomic E-state index is -1.45. The van der Waals surface area contributed by atoms with E-state index in [1.54, 1.807) is 6.07 Å². The van der Waals surface area contributed by atoms with Gasteiger partial charge >= 0.3 is 0 Å². The van der Waals surface area contributed by atoms with Crippen molar-refractivity contribution in [1.82, 2.24) is 0 Å². The summed E-state index contributed by atoms with van der Waals surface area (Å²) in [7, 11) is -1.45. The van der Waals surface area contributed by atoms with Crippen molar-refractivity contribution in [3.8, 4) is 5.75 Å². The first-order valence-corrected chi connectivity index (χ1v) is 14.0. The first-order chi connectivity index (χ1) is 13.1. The number of phenolic OH excluding ortho intramolecular Hbond substituents is 1. The molecule has 0 atom stereocenters. The van der Waals surface area contributed by atoms with E-state index < -0.39 is 8.29 Å². The van der Waals surface area contributed by atoms with Gasteiger partial charge in [-0.1, -0.05) is 109 Å². The van der Waals surface area contributed by atoms with Gasteiger partial charge in [0.05, 0.1) is 0 Å². The minimum Gasteiger partial charge on any atom is -0.508 e. The van der Waals surface area contributed by atoms with Crippen molar-refractivity contribution >= 4 is 30.7 Å². The van der Waals surface area contributed by atoms with Gasteiger partial charge in [-0.2, -0.15) is 0 Å². The SMILES string of the molecule is CCCCCCCCCCCCCCCCc1ccccc1O.O[SH](=S)=S. The highest BCUT2D eigenvalue weighted by molar-refractivity contribution is 8.43. The largest absolute Gasteiger partial charge is 0.508 e. The summed E-state index contributed by atoms with van der Waals surface area (Å²) in [5.74, 6) is 0.460. The molecule has 158 valence electrons. The topological polar surface area (TPSA) is 40.5 Å². The molecule has 1 rings (SSSR count). The van der Waals surface area contributed by atoms with Gasteiger partial charge in [-0.25, -0.2) is 0 Å². The number of thiol groups is 1. The Labute approximate surface area is 178 Å². The summed E-state index contributed by atoms with van der Waals surface area (Å²) in [6.45, 7) is 2.28. The van der Waals surface area contributed by atoms with E-state index in [0.29, 0.717) is 5.75 Å². The Morgan fingerprint density at radius 2 is 1.07 bits per heavy atom. The van der Waals surface area contributed by atoms with Gasteiger partial charge < -0.3 is 9.66 Å². The predicted molar refractivity (Wildman–Crippen MR) is 128 cm³/mol. The van der Waals surface area contributed by atoms with Crippen LogP contribution < -0.4 is 0 Å². The highest BCUT2D eigenvalue weighted by atomic mass is 33.1. The Balaban J connectivity index is 0.00000153. The highest BCUT2D eigenvalue weighted by Gasteiger charge is 1.99. The van der Waals surface area contributed by atoms with Gasteiger partial charge in [-0.3, -0.25) is 0 Å². The number of phenols is 1. The van der Waals surface area contributed by atoms with Gasteiger partial charge in [-0.05, 0) is 46.8 Å². The summed E-state index contributed by atoms with van der Waals surface area (Å²) in [5, 5.41) is 9.71. The molecule has 0 amide bonds. The van der Waals surface area contributed by atoms with E-state index in [0.717, 1.165) is 12.0 Å². The molecule has 0 heterocycles. The molecule has 0 fully saturated rings. The summed E-state index contributed by atoms with van der Waals surface area (Å²) in [4.78, 5) is 0. The van der Waals surface area contributed by atoms with Gasteiger partial charge in [0.1, 0.15) is 5.75 Å². The third-order valence-electron chi connectivity index (χ3n) is 4.79. The zero-order valence-electron chi connectivity index (χ0n) is 17.1. The van der Waals surface area contributed by atoms with Crippen LogP contribution in [0, 0.1) is 0 Å². The molecule has 0 saturated heterocycles. The second-order valence-corrected chi connectivity index (χ2v) is 10.5. The van der Waals surface area contributed by atoms with Gasteiger partial charge in [-0.15, -0.1) is 0 Å². The standard InChI is InChI=1S/C22H38O.H2OS3/c1-2-3-4-5-6-7-8-9-10-11-12-13-14-15-18-21-19-16-17-20-22(21)23;1-4(2)3/h16-17,19-20,23H,2-15,18H2,1H3;4H,(H,1,2,3). The van der Waals surface area contributed by atoms with E-state index in [1.807, 2.05) is 18.2 Å². The summed E-state index contributed by atoms with van der Waals surface area (Å²) < 4.78 is 7.75. The van der Waals surface area contributed by atoms with Gasteiger partial charge in [0, 0.05) is 8.29 Å². The average molecular weight is 433 g/mol. The summed E-state index contributed by atoms with van der Waals surface area (Å²) >= 11 is 8.11. The molecule has 0 unspecified atom stereocenters. The van der Waals surface area contributed by atoms with E-state index in [2.05, 4.69) is 29.3 Å². The lowest BCUT2D eigenvalue weighted by atomic mass is 10.0. The number of hydrogen-bond acceptors (Lipinski definition) is 3. The van der Waals surface area contributed by atoms with E-state index in [-0.39, 0.29) is 0 Å². The van der Waals surface area contributed by atoms with Crippen LogP contribution in [-0.2, 0) is 37.1 Å². The average Bonchev–Trinajstić information content (AvgIpc) is 2.63. The smallest absolute Gasteiger partial charge is 0.118 e. The van der Waals surface area contributed by atoms with Crippen molar-refractivity contribution in [2.24, 2.45) is 0 Å². The summed E-state index contributed by atoms with van der Waals surface area (Å²) in [6.07, 6.45) is 20.5. The lowest BCUT2D eigenvalue weighted by Crippen LogP contribution is -1.87. The van der Waals surface area contributed by atoms with Gasteiger partial charge in [0.25, 0.3) is 0 Å². The number of rotatable bonds is 15. The molecule has 2 N–H and O–H groups in total. The molecule has 27 heavy (non-hydrogen) atoms. The fourth-order valence-electron chi connectivity index (χ4n) is 3.23. The molecular formula is C22H40O2S3. The molecule has 1 aromatic carbocycles. The van der Waals surface area contributed by atoms with E-state index in [9.17, 15) is 5.11 Å². The number of hydrogen-bond donors (Lipinski definition) is 3. The van der Waals surface area contributed by atoms with Crippen LogP contribution in [0.4, 0.5) is 0 Å². The maximum Gasteiger partial charge on any atom is 0.118 e. The molecule has 5 heteroatoms. The summed E-state index contributed by atoms with van der Waals surface area (Å²) in [6, 6.07) is 7.74. The fraction of sp³-hybridized carbons (Fsp3) is 0.727. The van der Waals surface area contributed by atoms with Crippen molar-refractivity contribution in [3.63, 3.8) is 0 Å². The van der Waals surface area contributed by atoms with Crippen molar-refractivity contribution in [2.75, 3.05) is 0 Å². The van der Waals surface area contributed by atoms with Crippen LogP contribution in [0.2, 0.25) is 0 Å². The molecule has 0 aliphatic carbocycles. The zero-order chi connectivity index (χ0) is 20.2. The van der Waals surface area contributed by atoms with Crippen molar-refractivity contribution in [1.29, 1.82) is 0 Å². The number of para-hydroxylation sites is 1. The highest BCUT2D eigenvalue weighted by Crippen LogP contribution is 2.19. The van der Waals surface area contributed by atoms with Crippen molar-refractivity contribution in [3.05, 3.63) is 29.8 Å². The molecule has 0 saturated carbocycles. The Morgan fingerprint density at radius 1 is 0.704 bits per heavy atom. The molecule has 0 bridgehead atoms. The third kappa shape index (κ3) is 20.3. The van der Waals surface area contributed by atoms with Crippen LogP contribution in [0.5, 0.6) is 5.75 Å². The van der Waals surface area contributed by atoms with Crippen LogP contribution in [-0.4, -0.2) is 9.66 Å². The lowest BCUT2D eigenvalue weighted by molar-refractivity contribution is 0.465. The number of unbranched alkanes of at least 4 members (excludes halogenated alkanes) is 13. The molecule has 0 radical (unpaired) electrons. The molecule has 0 spiro atoms. The first kappa shape index (κ1) is 26.8. The molecule has 1 aromatic rings. The second kappa shape index (κ2) is 20.5. The molecule has 0 aliphatic rings. The Hall–Kier alpha value is -0.230. The van der Waals surface area contributed by atoms with E-state index in [4.69, 9.17) is 4.55 Å². The van der Waals surface area contributed by atoms with Crippen LogP contribution in [0.15, 0.2) is 24.3 Å². The van der Waals surface area contributed by atoms with E-state index >= 15 is 0 Å². The lowest BCUT2D eigenvalue weighted by Gasteiger charge is -2.05. The number of benzene rings is 1. The Kier molecular flexibility index (Phi) is 20.3. The monoisotopic (exact) mass is 432 g/mol. The molecule has 2 nitrogen and oxygen atoms in total. The normalized spacial score (nSPS) is 10.6. The van der Waals surface area contributed by atoms with Crippen LogP contribution in [0.3, 0.4) is 0 Å². The van der Waals surface area contributed by atoms with Crippen LogP contribution >= 0.6 is 0 Å². The second-order valence-electron chi connectivity index (χ2n) is 7.21. The molecular weight excluding hydrogens is 392 g/mol. The molecule has 0 aliphatic heterocycles. The quantitative estimate of drug-likeness (QED) is 0.203. The first-order valence-electron chi connectivity index (χ1n) is 10.7. The third-order valence-corrected chi connectivity index (χ3v) is 4.79. The Morgan fingerprint density at radius 3 is 1.48 bits per heavy atom. The van der Waals surface area contributed by atoms with E-state index in [1.165, 1.54) is 89.9 Å².